The molecule has 1 saturated heterocycles. The van der Waals surface area contributed by atoms with Gasteiger partial charge in [0, 0.05) is 31.4 Å². The molecule has 0 radical (unpaired) electrons. The fourth-order valence-corrected chi connectivity index (χ4v) is 7.67. The van der Waals surface area contributed by atoms with E-state index in [1.54, 1.807) is 48.5 Å². The number of aromatic nitrogens is 5. The number of carbonyl (C=O) groups excluding carboxylic acids is 1. The number of carbonyl (C=O) groups is 1. The number of halogens is 1. The van der Waals surface area contributed by atoms with E-state index in [4.69, 9.17) is 28.0 Å². The van der Waals surface area contributed by atoms with E-state index in [1.807, 2.05) is 4.90 Å². The van der Waals surface area contributed by atoms with Gasteiger partial charge < -0.3 is 24.5 Å². The monoisotopic (exact) mass is 701 g/mol. The van der Waals surface area contributed by atoms with Crippen molar-refractivity contribution in [2.75, 3.05) is 36.7 Å². The van der Waals surface area contributed by atoms with Crippen LogP contribution in [0.5, 0.6) is 11.8 Å². The number of hydrogen-bond acceptors (Lipinski definition) is 13. The Hall–Kier alpha value is -3.95. The van der Waals surface area contributed by atoms with Gasteiger partial charge in [0.25, 0.3) is 0 Å². The van der Waals surface area contributed by atoms with Gasteiger partial charge in [-0.1, -0.05) is 0 Å². The number of amides is 1. The molecule has 1 aromatic carbocycles. The van der Waals surface area contributed by atoms with Crippen LogP contribution in [0.1, 0.15) is 53.8 Å². The number of ether oxygens (including phenoxy) is 2. The van der Waals surface area contributed by atoms with Crippen LogP contribution < -0.4 is 14.5 Å². The molecular weight excluding hydrogens is 660 g/mol. The first kappa shape index (κ1) is 34.9. The number of nitrogens with zero attached hydrogens (tertiary/aromatic N) is 6. The number of aromatic amines is 1. The Morgan fingerprint density at radius 3 is 2.39 bits per heavy atom. The van der Waals surface area contributed by atoms with Crippen LogP contribution in [0.3, 0.4) is 0 Å². The Bertz CT molecular complexity index is 1910. The van der Waals surface area contributed by atoms with E-state index in [-0.39, 0.29) is 17.6 Å². The summed E-state index contributed by atoms with van der Waals surface area (Å²) in [4.78, 5) is 37.3. The van der Waals surface area contributed by atoms with Crippen molar-refractivity contribution < 1.29 is 41.9 Å². The molecule has 3 aromatic heterocycles. The number of phosphoric acid groups is 1. The maximum atomic E-state index is 15.3. The highest BCUT2D eigenvalue weighted by molar-refractivity contribution is 7.48. The predicted octanol–water partition coefficient (Wildman–Crippen LogP) is 6.24. The highest BCUT2D eigenvalue weighted by atomic mass is 31.2. The number of aliphatic hydroxyl groups is 1. The van der Waals surface area contributed by atoms with Crippen molar-refractivity contribution >= 4 is 47.4 Å². The van der Waals surface area contributed by atoms with Crippen molar-refractivity contribution in [3.63, 3.8) is 0 Å². The fraction of sp³-hybridized carbons (Fsp3) is 0.531. The van der Waals surface area contributed by atoms with Gasteiger partial charge in [0.2, 0.25) is 6.79 Å². The van der Waals surface area contributed by atoms with Crippen molar-refractivity contribution in [1.29, 1.82) is 0 Å². The molecule has 0 spiro atoms. The molecule has 264 valence electrons. The number of aliphatic hydroxyl groups excluding tert-OH is 1. The average molecular weight is 702 g/mol. The summed E-state index contributed by atoms with van der Waals surface area (Å²) in [6, 6.07) is 2.52. The number of hydrogen-bond donors (Lipinski definition) is 2. The molecule has 3 unspecified atom stereocenters. The molecule has 4 heterocycles. The number of H-pyrrole nitrogens is 1. The van der Waals surface area contributed by atoms with Crippen LogP contribution in [0, 0.1) is 24.6 Å². The third-order valence-corrected chi connectivity index (χ3v) is 10.0. The Kier molecular flexibility index (Phi) is 9.07. The molecule has 2 fully saturated rings. The molecule has 1 aliphatic heterocycles. The zero-order valence-corrected chi connectivity index (χ0v) is 29.6. The highest BCUT2D eigenvalue weighted by Crippen LogP contribution is 2.55. The molecule has 6 rings (SSSR count). The predicted molar refractivity (Wildman–Crippen MR) is 178 cm³/mol. The second-order valence-electron chi connectivity index (χ2n) is 14.3. The average Bonchev–Trinajstić information content (AvgIpc) is 3.52. The Morgan fingerprint density at radius 2 is 1.78 bits per heavy atom. The second-order valence-corrected chi connectivity index (χ2v) is 15.8. The summed E-state index contributed by atoms with van der Waals surface area (Å²) in [5.41, 5.74) is -0.934. The lowest BCUT2D eigenvalue weighted by Crippen LogP contribution is -2.39. The Morgan fingerprint density at radius 1 is 1.10 bits per heavy atom. The van der Waals surface area contributed by atoms with Gasteiger partial charge in [-0.15, -0.1) is 0 Å². The third kappa shape index (κ3) is 7.63. The first-order valence-corrected chi connectivity index (χ1v) is 17.3. The van der Waals surface area contributed by atoms with E-state index in [0.717, 1.165) is 4.90 Å². The van der Waals surface area contributed by atoms with Crippen molar-refractivity contribution in [2.45, 2.75) is 72.2 Å². The molecule has 3 atom stereocenters. The van der Waals surface area contributed by atoms with Gasteiger partial charge in [0.1, 0.15) is 23.1 Å². The summed E-state index contributed by atoms with van der Waals surface area (Å²) < 4.78 is 56.4. The molecule has 1 saturated carbocycles. The van der Waals surface area contributed by atoms with E-state index in [9.17, 15) is 14.5 Å². The van der Waals surface area contributed by atoms with E-state index in [1.165, 1.54) is 31.6 Å². The van der Waals surface area contributed by atoms with E-state index < -0.39 is 43.8 Å². The minimum Gasteiger partial charge on any atom is -0.421 e. The number of anilines is 2. The SMILES string of the molecule is Cc1ncc(Oc2nc(N3CC4CC(O)C4C3)c3c(n2)[nH]c2c(N(C)C(=O)OCOP(=O)(OC(C)(C)C)OC(C)(C)C)cc(F)cc23)cn1. The fourth-order valence-electron chi connectivity index (χ4n) is 6.01. The lowest BCUT2D eigenvalue weighted by Gasteiger charge is -2.34. The maximum Gasteiger partial charge on any atom is 0.478 e. The van der Waals surface area contributed by atoms with Crippen LogP contribution in [-0.2, 0) is 22.9 Å². The zero-order chi connectivity index (χ0) is 35.5. The third-order valence-electron chi connectivity index (χ3n) is 8.06. The summed E-state index contributed by atoms with van der Waals surface area (Å²) >= 11 is 0. The van der Waals surface area contributed by atoms with Crippen LogP contribution in [0.4, 0.5) is 20.7 Å². The second kappa shape index (κ2) is 12.7. The van der Waals surface area contributed by atoms with Crippen LogP contribution in [-0.4, -0.2) is 80.4 Å². The van der Waals surface area contributed by atoms with E-state index in [2.05, 4.69) is 19.9 Å². The van der Waals surface area contributed by atoms with Crippen molar-refractivity contribution in [3.05, 3.63) is 36.2 Å². The largest absolute Gasteiger partial charge is 0.478 e. The lowest BCUT2D eigenvalue weighted by atomic mass is 9.74. The molecule has 49 heavy (non-hydrogen) atoms. The number of benzene rings is 1. The Labute approximate surface area is 282 Å². The Balaban J connectivity index is 1.32. The van der Waals surface area contributed by atoms with Crippen molar-refractivity contribution in [3.8, 4) is 11.8 Å². The molecule has 0 bridgehead atoms. The van der Waals surface area contributed by atoms with Crippen LogP contribution >= 0.6 is 7.82 Å². The summed E-state index contributed by atoms with van der Waals surface area (Å²) in [5.74, 6) is 1.16. The van der Waals surface area contributed by atoms with Gasteiger partial charge in [-0.3, -0.25) is 13.9 Å². The summed E-state index contributed by atoms with van der Waals surface area (Å²) in [7, 11) is -2.76. The van der Waals surface area contributed by atoms with Gasteiger partial charge in [-0.25, -0.2) is 28.2 Å². The zero-order valence-electron chi connectivity index (χ0n) is 28.7. The standard InChI is InChI=1S/C32H41FN7O8P/c1-17-34-12-20(13-35-17)46-29-37-27-25(28(38-29)40-14-18-9-24(41)22(18)15-40)21-10-19(33)11-23(26(21)36-27)39(8)30(42)44-16-45-49(43,47-31(2,3)4)48-32(5,6)7/h10-13,18,22,24,41H,9,14-16H2,1-8H3,(H,36,37,38). The minimum atomic E-state index is -4.16. The number of fused-ring (bicyclic) bond motifs is 4. The number of aryl methyl sites for hydroxylation is 1. The normalized spacial score (nSPS) is 19.6. The molecule has 1 aliphatic carbocycles. The molecule has 2 aliphatic rings. The first-order valence-electron chi connectivity index (χ1n) is 15.9. The number of rotatable bonds is 9. The summed E-state index contributed by atoms with van der Waals surface area (Å²) in [5, 5.41) is 11.3. The van der Waals surface area contributed by atoms with Crippen molar-refractivity contribution in [2.24, 2.45) is 11.8 Å². The highest BCUT2D eigenvalue weighted by Gasteiger charge is 2.47. The molecule has 1 amide bonds. The van der Waals surface area contributed by atoms with Crippen LogP contribution in [0.2, 0.25) is 0 Å². The molecule has 4 aromatic rings. The van der Waals surface area contributed by atoms with E-state index in [0.29, 0.717) is 64.8 Å². The molecule has 2 N–H and O–H groups in total. The van der Waals surface area contributed by atoms with Gasteiger partial charge in [-0.2, -0.15) is 9.97 Å². The lowest BCUT2D eigenvalue weighted by molar-refractivity contribution is -0.0275. The smallest absolute Gasteiger partial charge is 0.421 e. The molecule has 17 heteroatoms. The van der Waals surface area contributed by atoms with E-state index >= 15 is 4.39 Å². The van der Waals surface area contributed by atoms with Crippen LogP contribution in [0.15, 0.2) is 24.5 Å². The van der Waals surface area contributed by atoms with Crippen LogP contribution in [0.25, 0.3) is 21.9 Å². The first-order chi connectivity index (χ1) is 22.9. The minimum absolute atomic E-state index is 0.00706. The summed E-state index contributed by atoms with van der Waals surface area (Å²) in [6.45, 7) is 12.3. The quantitative estimate of drug-likeness (QED) is 0.148. The van der Waals surface area contributed by atoms with Gasteiger partial charge in [-0.05, 0) is 72.9 Å². The molecular formula is C32H41FN7O8P. The number of nitrogens with one attached hydrogen (secondary N) is 1. The number of phosphoric ester groups is 1. The summed E-state index contributed by atoms with van der Waals surface area (Å²) in [6.07, 6.45) is 2.40. The molecule has 15 nitrogen and oxygen atoms in total. The topological polar surface area (TPSA) is 174 Å². The maximum absolute atomic E-state index is 15.3. The van der Waals surface area contributed by atoms with Crippen molar-refractivity contribution in [1.82, 2.24) is 24.9 Å². The van der Waals surface area contributed by atoms with Gasteiger partial charge >= 0.3 is 19.9 Å². The van der Waals surface area contributed by atoms with Gasteiger partial charge in [0.15, 0.2) is 5.75 Å². The van der Waals surface area contributed by atoms with Gasteiger partial charge in [0.05, 0.1) is 46.3 Å².